The lowest BCUT2D eigenvalue weighted by molar-refractivity contribution is -0.119. The van der Waals surface area contributed by atoms with Gasteiger partial charge in [0.2, 0.25) is 11.9 Å². The number of rotatable bonds is 3. The third kappa shape index (κ3) is 3.23. The summed E-state index contributed by atoms with van der Waals surface area (Å²) in [4.78, 5) is 23.0. The van der Waals surface area contributed by atoms with E-state index in [-0.39, 0.29) is 5.91 Å². The van der Waals surface area contributed by atoms with Crippen LogP contribution in [0, 0.1) is 6.92 Å². The second-order valence-electron chi connectivity index (χ2n) is 6.92. The number of aryl methyl sites for hydroxylation is 2. The number of aromatic nitrogens is 4. The number of anilines is 1. The van der Waals surface area contributed by atoms with Crippen LogP contribution in [0.3, 0.4) is 0 Å². The van der Waals surface area contributed by atoms with Crippen molar-refractivity contribution in [2.75, 3.05) is 11.4 Å². The molecule has 1 amide bonds. The molecule has 0 atom stereocenters. The zero-order valence-electron chi connectivity index (χ0n) is 14.9. The van der Waals surface area contributed by atoms with E-state index in [2.05, 4.69) is 28.3 Å². The molecular weight excluding hydrogens is 316 g/mol. The minimum absolute atomic E-state index is 0.0365. The number of nitrogens with one attached hydrogen (secondary N) is 1. The fourth-order valence-electron chi connectivity index (χ4n) is 3.71. The van der Waals surface area contributed by atoms with Gasteiger partial charge < -0.3 is 10.2 Å². The van der Waals surface area contributed by atoms with E-state index in [1.165, 1.54) is 31.0 Å². The molecule has 3 heterocycles. The van der Waals surface area contributed by atoms with Crippen molar-refractivity contribution in [2.45, 2.75) is 59.2 Å². The van der Waals surface area contributed by atoms with Crippen molar-refractivity contribution in [3.63, 3.8) is 0 Å². The van der Waals surface area contributed by atoms with Gasteiger partial charge in [0.15, 0.2) is 0 Å². The molecule has 0 saturated carbocycles. The van der Waals surface area contributed by atoms with Crippen LogP contribution in [-0.4, -0.2) is 32.2 Å². The first kappa shape index (κ1) is 16.1. The van der Waals surface area contributed by atoms with Crippen molar-refractivity contribution >= 4 is 11.9 Å². The third-order valence-corrected chi connectivity index (χ3v) is 5.03. The maximum atomic E-state index is 11.1. The number of nitrogens with zero attached hydrogens (tertiary/aromatic N) is 5. The van der Waals surface area contributed by atoms with Crippen molar-refractivity contribution in [1.29, 1.82) is 0 Å². The third-order valence-electron chi connectivity index (χ3n) is 5.03. The molecule has 0 fully saturated rings. The van der Waals surface area contributed by atoms with Gasteiger partial charge in [-0.25, -0.2) is 9.97 Å². The van der Waals surface area contributed by atoms with E-state index in [0.717, 1.165) is 55.5 Å². The van der Waals surface area contributed by atoms with Crippen molar-refractivity contribution in [2.24, 2.45) is 0 Å². The summed E-state index contributed by atoms with van der Waals surface area (Å²) in [6, 6.07) is 2.06. The summed E-state index contributed by atoms with van der Waals surface area (Å²) in [5.41, 5.74) is 5.76. The topological polar surface area (TPSA) is 75.9 Å². The lowest BCUT2D eigenvalue weighted by Gasteiger charge is -2.29. The monoisotopic (exact) mass is 340 g/mol. The number of hydrogen-bond donors (Lipinski definition) is 1. The summed E-state index contributed by atoms with van der Waals surface area (Å²) in [6.45, 7) is 6.53. The molecule has 25 heavy (non-hydrogen) atoms. The summed E-state index contributed by atoms with van der Waals surface area (Å²) in [5.74, 6) is 0.805. The highest BCUT2D eigenvalue weighted by Gasteiger charge is 2.23. The molecule has 4 rings (SSSR count). The largest absolute Gasteiger partial charge is 0.351 e. The van der Waals surface area contributed by atoms with Crippen LogP contribution in [0.1, 0.15) is 48.1 Å². The number of fused-ring (bicyclic) bond motifs is 2. The Labute approximate surface area is 147 Å². The van der Waals surface area contributed by atoms with Crippen LogP contribution < -0.4 is 10.2 Å². The molecule has 0 aromatic carbocycles. The number of amides is 1. The second kappa shape index (κ2) is 6.46. The zero-order chi connectivity index (χ0) is 17.4. The molecule has 1 N–H and O–H groups in total. The van der Waals surface area contributed by atoms with E-state index in [1.54, 1.807) is 0 Å². The Morgan fingerprint density at radius 2 is 2.08 bits per heavy atom. The van der Waals surface area contributed by atoms with Gasteiger partial charge in [-0.2, -0.15) is 5.10 Å². The van der Waals surface area contributed by atoms with Gasteiger partial charge in [0.1, 0.15) is 0 Å². The lowest BCUT2D eigenvalue weighted by atomic mass is 9.95. The van der Waals surface area contributed by atoms with Crippen LogP contribution in [0.5, 0.6) is 0 Å². The van der Waals surface area contributed by atoms with Crippen LogP contribution in [-0.2, 0) is 37.3 Å². The average Bonchev–Trinajstić information content (AvgIpc) is 3.02. The highest BCUT2D eigenvalue weighted by molar-refractivity contribution is 5.72. The number of hydrogen-bond acceptors (Lipinski definition) is 5. The zero-order valence-corrected chi connectivity index (χ0v) is 14.9. The smallest absolute Gasteiger partial charge is 0.226 e. The lowest BCUT2D eigenvalue weighted by Crippen LogP contribution is -2.35. The van der Waals surface area contributed by atoms with Crippen LogP contribution in [0.2, 0.25) is 0 Å². The Balaban J connectivity index is 1.54. The van der Waals surface area contributed by atoms with Gasteiger partial charge in [0, 0.05) is 24.9 Å². The SMILES string of the molecule is CC(=O)NCc1cc2n(n1)CCN(c1nc(C)c3c(n1)CCCC3)C2. The average molecular weight is 340 g/mol. The first-order chi connectivity index (χ1) is 12.1. The summed E-state index contributed by atoms with van der Waals surface area (Å²) >= 11 is 0. The van der Waals surface area contributed by atoms with Crippen LogP contribution in [0.25, 0.3) is 0 Å². The fourth-order valence-corrected chi connectivity index (χ4v) is 3.71. The van der Waals surface area contributed by atoms with Gasteiger partial charge in [-0.05, 0) is 44.2 Å². The van der Waals surface area contributed by atoms with E-state index in [0.29, 0.717) is 6.54 Å². The predicted octanol–water partition coefficient (Wildman–Crippen LogP) is 1.52. The molecule has 1 aliphatic heterocycles. The first-order valence-corrected chi connectivity index (χ1v) is 9.01. The summed E-state index contributed by atoms with van der Waals surface area (Å²) in [6.07, 6.45) is 4.65. The Hall–Kier alpha value is -2.44. The Bertz CT molecular complexity index is 812. The molecule has 2 aliphatic rings. The molecule has 0 bridgehead atoms. The van der Waals surface area contributed by atoms with Gasteiger partial charge in [-0.15, -0.1) is 0 Å². The molecular formula is C18H24N6O. The van der Waals surface area contributed by atoms with E-state index >= 15 is 0 Å². The molecule has 2 aromatic heterocycles. The van der Waals surface area contributed by atoms with Crippen molar-refractivity contribution < 1.29 is 4.79 Å². The first-order valence-electron chi connectivity index (χ1n) is 9.01. The number of carbonyl (C=O) groups is 1. The number of carbonyl (C=O) groups excluding carboxylic acids is 1. The Morgan fingerprint density at radius 3 is 2.92 bits per heavy atom. The maximum Gasteiger partial charge on any atom is 0.226 e. The van der Waals surface area contributed by atoms with E-state index in [4.69, 9.17) is 9.97 Å². The molecule has 7 nitrogen and oxygen atoms in total. The minimum Gasteiger partial charge on any atom is -0.351 e. The van der Waals surface area contributed by atoms with Crippen LogP contribution in [0.4, 0.5) is 5.95 Å². The van der Waals surface area contributed by atoms with E-state index < -0.39 is 0 Å². The molecule has 2 aromatic rings. The molecule has 0 radical (unpaired) electrons. The van der Waals surface area contributed by atoms with Crippen LogP contribution >= 0.6 is 0 Å². The van der Waals surface area contributed by atoms with Gasteiger partial charge in [-0.1, -0.05) is 0 Å². The standard InChI is InChI=1S/C18H24N6O/c1-12-16-5-3-4-6-17(16)21-18(20-12)23-7-8-24-15(11-23)9-14(22-24)10-19-13(2)25/h9H,3-8,10-11H2,1-2H3,(H,19,25). The summed E-state index contributed by atoms with van der Waals surface area (Å²) in [5, 5.41) is 7.38. The van der Waals surface area contributed by atoms with E-state index in [9.17, 15) is 4.79 Å². The van der Waals surface area contributed by atoms with Gasteiger partial charge in [0.05, 0.1) is 31.0 Å². The Morgan fingerprint density at radius 1 is 1.24 bits per heavy atom. The molecule has 7 heteroatoms. The molecule has 0 unspecified atom stereocenters. The minimum atomic E-state index is -0.0365. The van der Waals surface area contributed by atoms with Gasteiger partial charge >= 0.3 is 0 Å². The van der Waals surface area contributed by atoms with E-state index in [1.807, 2.05) is 4.68 Å². The summed E-state index contributed by atoms with van der Waals surface area (Å²) in [7, 11) is 0. The quantitative estimate of drug-likeness (QED) is 0.917. The fraction of sp³-hybridized carbons (Fsp3) is 0.556. The molecule has 132 valence electrons. The predicted molar refractivity (Wildman–Crippen MR) is 94.2 cm³/mol. The molecule has 1 aliphatic carbocycles. The van der Waals surface area contributed by atoms with Crippen LogP contribution in [0.15, 0.2) is 6.07 Å². The van der Waals surface area contributed by atoms with Gasteiger partial charge in [-0.3, -0.25) is 9.48 Å². The maximum absolute atomic E-state index is 11.1. The van der Waals surface area contributed by atoms with Gasteiger partial charge in [0.25, 0.3) is 0 Å². The van der Waals surface area contributed by atoms with Crippen molar-refractivity contribution in [3.05, 3.63) is 34.4 Å². The second-order valence-corrected chi connectivity index (χ2v) is 6.92. The highest BCUT2D eigenvalue weighted by Crippen LogP contribution is 2.25. The molecule has 0 saturated heterocycles. The normalized spacial score (nSPS) is 16.3. The summed E-state index contributed by atoms with van der Waals surface area (Å²) < 4.78 is 2.03. The highest BCUT2D eigenvalue weighted by atomic mass is 16.1. The molecule has 0 spiro atoms. The van der Waals surface area contributed by atoms with Crippen molar-refractivity contribution in [1.82, 2.24) is 25.1 Å². The Kier molecular flexibility index (Phi) is 4.15. The van der Waals surface area contributed by atoms with Crippen molar-refractivity contribution in [3.8, 4) is 0 Å².